The molecular formula is C16H18BrN. The zero-order valence-electron chi connectivity index (χ0n) is 10.4. The molecule has 1 nitrogen and oxygen atoms in total. The predicted octanol–water partition coefficient (Wildman–Crippen LogP) is 4.88. The molecule has 0 saturated heterocycles. The zero-order valence-corrected chi connectivity index (χ0v) is 12.0. The van der Waals surface area contributed by atoms with Crippen LogP contribution in [0.25, 0.3) is 0 Å². The van der Waals surface area contributed by atoms with Crippen molar-refractivity contribution in [1.82, 2.24) is 0 Å². The number of aryl methyl sites for hydroxylation is 1. The third-order valence-electron chi connectivity index (χ3n) is 2.89. The maximum atomic E-state index is 3.48. The van der Waals surface area contributed by atoms with E-state index >= 15 is 0 Å². The van der Waals surface area contributed by atoms with Crippen molar-refractivity contribution in [1.29, 1.82) is 0 Å². The third kappa shape index (κ3) is 4.53. The molecule has 0 aliphatic rings. The van der Waals surface area contributed by atoms with Gasteiger partial charge in [0.2, 0.25) is 0 Å². The Kier molecular flexibility index (Phi) is 5.28. The molecule has 0 heterocycles. The normalized spacial score (nSPS) is 10.3. The Balaban J connectivity index is 1.65. The van der Waals surface area contributed by atoms with E-state index in [0.717, 1.165) is 11.0 Å². The molecule has 0 unspecified atom stereocenters. The topological polar surface area (TPSA) is 12.0 Å². The Morgan fingerprint density at radius 1 is 0.889 bits per heavy atom. The van der Waals surface area contributed by atoms with Crippen molar-refractivity contribution in [2.75, 3.05) is 11.9 Å². The van der Waals surface area contributed by atoms with E-state index in [1.54, 1.807) is 0 Å². The minimum Gasteiger partial charge on any atom is -0.385 e. The summed E-state index contributed by atoms with van der Waals surface area (Å²) in [5, 5.41) is 3.44. The predicted molar refractivity (Wildman–Crippen MR) is 82.0 cm³/mol. The minimum atomic E-state index is 1.03. The molecule has 2 rings (SSSR count). The Hall–Kier alpha value is -1.28. The summed E-state index contributed by atoms with van der Waals surface area (Å²) >= 11 is 3.48. The molecule has 2 aromatic rings. The van der Waals surface area contributed by atoms with Crippen molar-refractivity contribution in [3.63, 3.8) is 0 Å². The van der Waals surface area contributed by atoms with Gasteiger partial charge in [-0.1, -0.05) is 52.3 Å². The number of nitrogens with one attached hydrogen (secondary N) is 1. The molecular weight excluding hydrogens is 286 g/mol. The molecule has 1 N–H and O–H groups in total. The first-order valence-corrected chi connectivity index (χ1v) is 7.17. The first-order chi connectivity index (χ1) is 8.84. The van der Waals surface area contributed by atoms with Crippen LogP contribution in [0, 0.1) is 0 Å². The molecule has 0 fully saturated rings. The molecule has 0 atom stereocenters. The first kappa shape index (κ1) is 13.2. The van der Waals surface area contributed by atoms with Gasteiger partial charge in [0, 0.05) is 16.7 Å². The fourth-order valence-corrected chi connectivity index (χ4v) is 2.33. The van der Waals surface area contributed by atoms with Gasteiger partial charge in [0.05, 0.1) is 0 Å². The van der Waals surface area contributed by atoms with Crippen molar-refractivity contribution in [2.45, 2.75) is 19.3 Å². The quantitative estimate of drug-likeness (QED) is 0.750. The summed E-state index contributed by atoms with van der Waals surface area (Å²) in [6.07, 6.45) is 3.59. The van der Waals surface area contributed by atoms with Crippen LogP contribution in [0.2, 0.25) is 0 Å². The lowest BCUT2D eigenvalue weighted by Crippen LogP contribution is -2.01. The molecule has 0 aliphatic heterocycles. The van der Waals surface area contributed by atoms with Crippen molar-refractivity contribution in [3.8, 4) is 0 Å². The summed E-state index contributed by atoms with van der Waals surface area (Å²) in [7, 11) is 0. The monoisotopic (exact) mass is 303 g/mol. The zero-order chi connectivity index (χ0) is 12.6. The standard InChI is InChI=1S/C16H18BrN/c17-15-10-6-11-16(13-15)18-12-5-4-9-14-7-2-1-3-8-14/h1-3,6-8,10-11,13,18H,4-5,9,12H2. The number of rotatable bonds is 6. The van der Waals surface area contributed by atoms with Crippen LogP contribution in [0.3, 0.4) is 0 Å². The number of benzene rings is 2. The van der Waals surface area contributed by atoms with Crippen molar-refractivity contribution < 1.29 is 0 Å². The lowest BCUT2D eigenvalue weighted by molar-refractivity contribution is 0.763. The molecule has 18 heavy (non-hydrogen) atoms. The van der Waals surface area contributed by atoms with E-state index in [0.29, 0.717) is 0 Å². The molecule has 0 bridgehead atoms. The summed E-state index contributed by atoms with van der Waals surface area (Å²) in [5.74, 6) is 0. The van der Waals surface area contributed by atoms with Crippen LogP contribution in [0.4, 0.5) is 5.69 Å². The van der Waals surface area contributed by atoms with Gasteiger partial charge in [-0.25, -0.2) is 0 Å². The number of hydrogen-bond acceptors (Lipinski definition) is 1. The van der Waals surface area contributed by atoms with Gasteiger partial charge in [0.25, 0.3) is 0 Å². The van der Waals surface area contributed by atoms with Gasteiger partial charge in [-0.15, -0.1) is 0 Å². The Bertz CT molecular complexity index is 468. The number of anilines is 1. The highest BCUT2D eigenvalue weighted by Gasteiger charge is 1.94. The molecule has 0 amide bonds. The lowest BCUT2D eigenvalue weighted by atomic mass is 10.1. The average molecular weight is 304 g/mol. The maximum Gasteiger partial charge on any atom is 0.0351 e. The van der Waals surface area contributed by atoms with Crippen LogP contribution in [0.5, 0.6) is 0 Å². The van der Waals surface area contributed by atoms with Gasteiger partial charge >= 0.3 is 0 Å². The molecule has 0 aliphatic carbocycles. The van der Waals surface area contributed by atoms with Gasteiger partial charge in [-0.05, 0) is 43.0 Å². The second-order valence-electron chi connectivity index (χ2n) is 4.38. The van der Waals surface area contributed by atoms with Gasteiger partial charge in [-0.2, -0.15) is 0 Å². The molecule has 2 heteroatoms. The average Bonchev–Trinajstić information content (AvgIpc) is 2.40. The highest BCUT2D eigenvalue weighted by atomic mass is 79.9. The highest BCUT2D eigenvalue weighted by molar-refractivity contribution is 9.10. The Morgan fingerprint density at radius 3 is 2.50 bits per heavy atom. The van der Waals surface area contributed by atoms with Crippen LogP contribution >= 0.6 is 15.9 Å². The first-order valence-electron chi connectivity index (χ1n) is 6.38. The van der Waals surface area contributed by atoms with E-state index in [1.165, 1.54) is 30.5 Å². The van der Waals surface area contributed by atoms with E-state index in [1.807, 2.05) is 6.07 Å². The van der Waals surface area contributed by atoms with Crippen LogP contribution in [0.15, 0.2) is 59.1 Å². The van der Waals surface area contributed by atoms with Gasteiger partial charge in [0.1, 0.15) is 0 Å². The van der Waals surface area contributed by atoms with Gasteiger partial charge in [0.15, 0.2) is 0 Å². The van der Waals surface area contributed by atoms with Crippen LogP contribution < -0.4 is 5.32 Å². The van der Waals surface area contributed by atoms with E-state index in [9.17, 15) is 0 Å². The molecule has 94 valence electrons. The Labute approximate surface area is 117 Å². The lowest BCUT2D eigenvalue weighted by Gasteiger charge is -2.06. The maximum absolute atomic E-state index is 3.48. The summed E-state index contributed by atoms with van der Waals surface area (Å²) in [6.45, 7) is 1.03. The van der Waals surface area contributed by atoms with E-state index < -0.39 is 0 Å². The number of unbranched alkanes of at least 4 members (excludes halogenated alkanes) is 1. The largest absolute Gasteiger partial charge is 0.385 e. The third-order valence-corrected chi connectivity index (χ3v) is 3.38. The minimum absolute atomic E-state index is 1.03. The van der Waals surface area contributed by atoms with Crippen LogP contribution in [-0.4, -0.2) is 6.54 Å². The Morgan fingerprint density at radius 2 is 1.72 bits per heavy atom. The van der Waals surface area contributed by atoms with Gasteiger partial charge in [-0.3, -0.25) is 0 Å². The summed E-state index contributed by atoms with van der Waals surface area (Å²) < 4.78 is 1.12. The van der Waals surface area contributed by atoms with Crippen molar-refractivity contribution in [2.24, 2.45) is 0 Å². The smallest absolute Gasteiger partial charge is 0.0351 e. The van der Waals surface area contributed by atoms with Crippen LogP contribution in [-0.2, 0) is 6.42 Å². The molecule has 0 spiro atoms. The fourth-order valence-electron chi connectivity index (χ4n) is 1.93. The molecule has 0 aromatic heterocycles. The second kappa shape index (κ2) is 7.22. The SMILES string of the molecule is Brc1cccc(NCCCCc2ccccc2)c1. The molecule has 0 saturated carbocycles. The second-order valence-corrected chi connectivity index (χ2v) is 5.30. The number of halogens is 1. The molecule has 0 radical (unpaired) electrons. The van der Waals surface area contributed by atoms with E-state index in [-0.39, 0.29) is 0 Å². The van der Waals surface area contributed by atoms with Gasteiger partial charge < -0.3 is 5.32 Å². The number of hydrogen-bond donors (Lipinski definition) is 1. The highest BCUT2D eigenvalue weighted by Crippen LogP contribution is 2.15. The fraction of sp³-hybridized carbons (Fsp3) is 0.250. The van der Waals surface area contributed by atoms with Crippen molar-refractivity contribution in [3.05, 3.63) is 64.6 Å². The van der Waals surface area contributed by atoms with E-state index in [2.05, 4.69) is 69.8 Å². The summed E-state index contributed by atoms with van der Waals surface area (Å²) in [5.41, 5.74) is 2.61. The van der Waals surface area contributed by atoms with E-state index in [4.69, 9.17) is 0 Å². The van der Waals surface area contributed by atoms with Crippen molar-refractivity contribution >= 4 is 21.6 Å². The van der Waals surface area contributed by atoms with Crippen LogP contribution in [0.1, 0.15) is 18.4 Å². The summed E-state index contributed by atoms with van der Waals surface area (Å²) in [4.78, 5) is 0. The molecule has 2 aromatic carbocycles. The summed E-state index contributed by atoms with van der Waals surface area (Å²) in [6, 6.07) is 19.0.